The number of aromatic nitrogens is 3. The highest BCUT2D eigenvalue weighted by molar-refractivity contribution is 7.71. The molecule has 0 saturated carbocycles. The first-order chi connectivity index (χ1) is 9.69. The van der Waals surface area contributed by atoms with Gasteiger partial charge in [0.1, 0.15) is 11.3 Å². The van der Waals surface area contributed by atoms with Crippen LogP contribution >= 0.6 is 12.2 Å². The van der Waals surface area contributed by atoms with Crippen LogP contribution in [0.25, 0.3) is 11.0 Å². The van der Waals surface area contributed by atoms with Crippen LogP contribution in [-0.4, -0.2) is 20.6 Å². The molecule has 0 spiro atoms. The van der Waals surface area contributed by atoms with Gasteiger partial charge in [-0.2, -0.15) is 14.9 Å². The van der Waals surface area contributed by atoms with Crippen LogP contribution in [0, 0.1) is 4.77 Å². The van der Waals surface area contributed by atoms with E-state index in [1.165, 1.54) is 0 Å². The van der Waals surface area contributed by atoms with E-state index < -0.39 is 0 Å². The Labute approximate surface area is 120 Å². The third-order valence-corrected chi connectivity index (χ3v) is 3.33. The summed E-state index contributed by atoms with van der Waals surface area (Å²) in [4.78, 5) is 0. The molecule has 0 atom stereocenters. The number of hydrogen-bond acceptors (Lipinski definition) is 4. The quantitative estimate of drug-likeness (QED) is 0.592. The van der Waals surface area contributed by atoms with Gasteiger partial charge >= 0.3 is 0 Å². The molecule has 0 saturated heterocycles. The normalized spacial score (nSPS) is 12.2. The van der Waals surface area contributed by atoms with Crippen LogP contribution < -0.4 is 0 Å². The van der Waals surface area contributed by atoms with E-state index in [1.807, 2.05) is 44.2 Å². The Morgan fingerprint density at radius 3 is 3.00 bits per heavy atom. The van der Waals surface area contributed by atoms with Crippen molar-refractivity contribution in [3.05, 3.63) is 46.7 Å². The second-order valence-electron chi connectivity index (χ2n) is 4.44. The average Bonchev–Trinajstić information content (AvgIpc) is 3.03. The lowest BCUT2D eigenvalue weighted by Gasteiger charge is -1.99. The van der Waals surface area contributed by atoms with Gasteiger partial charge in [-0.25, -0.2) is 0 Å². The summed E-state index contributed by atoms with van der Waals surface area (Å²) in [5.74, 6) is 1.53. The van der Waals surface area contributed by atoms with Crippen LogP contribution in [0.5, 0.6) is 0 Å². The van der Waals surface area contributed by atoms with Crippen molar-refractivity contribution in [1.29, 1.82) is 0 Å². The molecule has 3 aromatic rings. The van der Waals surface area contributed by atoms with E-state index in [4.69, 9.17) is 16.6 Å². The fourth-order valence-electron chi connectivity index (χ4n) is 2.02. The highest BCUT2D eigenvalue weighted by Gasteiger charge is 2.08. The summed E-state index contributed by atoms with van der Waals surface area (Å²) in [5, 5.41) is 12.4. The average molecular weight is 286 g/mol. The van der Waals surface area contributed by atoms with E-state index in [0.717, 1.165) is 34.7 Å². The second kappa shape index (κ2) is 5.05. The van der Waals surface area contributed by atoms with Gasteiger partial charge in [-0.05, 0) is 31.3 Å². The van der Waals surface area contributed by atoms with Crippen LogP contribution in [0.2, 0.25) is 0 Å². The van der Waals surface area contributed by atoms with Crippen LogP contribution in [-0.2, 0) is 6.42 Å². The predicted molar refractivity (Wildman–Crippen MR) is 80.6 cm³/mol. The Hall–Kier alpha value is -2.21. The number of rotatable bonds is 3. The van der Waals surface area contributed by atoms with Gasteiger partial charge in [-0.3, -0.25) is 5.10 Å². The number of benzene rings is 1. The molecular formula is C14H14N4OS. The second-order valence-corrected chi connectivity index (χ2v) is 4.83. The summed E-state index contributed by atoms with van der Waals surface area (Å²) in [6.07, 6.45) is 0.754. The van der Waals surface area contributed by atoms with Crippen LogP contribution in [0.15, 0.2) is 39.9 Å². The predicted octanol–water partition coefficient (Wildman–Crippen LogP) is 3.52. The van der Waals surface area contributed by atoms with E-state index in [1.54, 1.807) is 4.68 Å². The molecule has 0 unspecified atom stereocenters. The molecule has 20 heavy (non-hydrogen) atoms. The number of fused-ring (bicyclic) bond motifs is 1. The Morgan fingerprint density at radius 1 is 1.45 bits per heavy atom. The molecule has 6 heteroatoms. The first kappa shape index (κ1) is 12.8. The molecule has 102 valence electrons. The van der Waals surface area contributed by atoms with Crippen LogP contribution in [0.3, 0.4) is 0 Å². The molecule has 0 fully saturated rings. The van der Waals surface area contributed by atoms with E-state index >= 15 is 0 Å². The van der Waals surface area contributed by atoms with Crippen molar-refractivity contribution in [2.45, 2.75) is 20.3 Å². The maximum Gasteiger partial charge on any atom is 0.216 e. The van der Waals surface area contributed by atoms with Crippen molar-refractivity contribution in [3.8, 4) is 0 Å². The first-order valence-corrected chi connectivity index (χ1v) is 6.80. The molecule has 2 aromatic heterocycles. The zero-order valence-electron chi connectivity index (χ0n) is 11.3. The Balaban J connectivity index is 2.07. The fourth-order valence-corrected chi connectivity index (χ4v) is 2.21. The lowest BCUT2D eigenvalue weighted by molar-refractivity contribution is 0.602. The monoisotopic (exact) mass is 286 g/mol. The highest BCUT2D eigenvalue weighted by atomic mass is 32.1. The molecule has 0 amide bonds. The van der Waals surface area contributed by atoms with Crippen molar-refractivity contribution in [2.24, 2.45) is 5.10 Å². The number of hydrogen-bond donors (Lipinski definition) is 1. The summed E-state index contributed by atoms with van der Waals surface area (Å²) < 4.78 is 7.90. The maximum atomic E-state index is 5.78. The summed E-state index contributed by atoms with van der Waals surface area (Å²) >= 11 is 5.18. The SMILES string of the molecule is CCc1n[nH]c(=S)n1N=C(C)c1cc2ccccc2o1. The molecule has 0 aliphatic rings. The van der Waals surface area contributed by atoms with E-state index in [9.17, 15) is 0 Å². The van der Waals surface area contributed by atoms with Gasteiger partial charge in [-0.1, -0.05) is 25.1 Å². The number of furan rings is 1. The molecular weight excluding hydrogens is 272 g/mol. The third-order valence-electron chi connectivity index (χ3n) is 3.07. The molecule has 1 aromatic carbocycles. The molecule has 3 rings (SSSR count). The largest absolute Gasteiger partial charge is 0.455 e. The molecule has 1 N–H and O–H groups in total. The Bertz CT molecular complexity index is 807. The lowest BCUT2D eigenvalue weighted by atomic mass is 10.2. The zero-order chi connectivity index (χ0) is 14.1. The van der Waals surface area contributed by atoms with Gasteiger partial charge in [0.25, 0.3) is 0 Å². The summed E-state index contributed by atoms with van der Waals surface area (Å²) in [6, 6.07) is 9.85. The van der Waals surface area contributed by atoms with E-state index in [-0.39, 0.29) is 0 Å². The van der Waals surface area contributed by atoms with E-state index in [0.29, 0.717) is 4.77 Å². The fraction of sp³-hybridized carbons (Fsp3) is 0.214. The molecule has 0 aliphatic heterocycles. The van der Waals surface area contributed by atoms with Crippen LogP contribution in [0.1, 0.15) is 25.4 Å². The van der Waals surface area contributed by atoms with Crippen molar-refractivity contribution < 1.29 is 4.42 Å². The van der Waals surface area contributed by atoms with Gasteiger partial charge in [0.2, 0.25) is 4.77 Å². The maximum absolute atomic E-state index is 5.78. The Morgan fingerprint density at radius 2 is 2.25 bits per heavy atom. The minimum atomic E-state index is 0.484. The minimum Gasteiger partial charge on any atom is -0.455 e. The van der Waals surface area contributed by atoms with Gasteiger partial charge in [-0.15, -0.1) is 0 Å². The molecule has 0 bridgehead atoms. The van der Waals surface area contributed by atoms with Crippen molar-refractivity contribution in [3.63, 3.8) is 0 Å². The van der Waals surface area contributed by atoms with Crippen molar-refractivity contribution in [1.82, 2.24) is 14.9 Å². The molecule has 0 aliphatic carbocycles. The van der Waals surface area contributed by atoms with Gasteiger partial charge < -0.3 is 4.42 Å². The lowest BCUT2D eigenvalue weighted by Crippen LogP contribution is -2.02. The summed E-state index contributed by atoms with van der Waals surface area (Å²) in [6.45, 7) is 3.90. The zero-order valence-corrected chi connectivity index (χ0v) is 12.1. The van der Waals surface area contributed by atoms with Gasteiger partial charge in [0.05, 0.1) is 0 Å². The minimum absolute atomic E-state index is 0.484. The Kier molecular flexibility index (Phi) is 3.23. The van der Waals surface area contributed by atoms with Gasteiger partial charge in [0, 0.05) is 11.8 Å². The topological polar surface area (TPSA) is 59.1 Å². The molecule has 0 radical (unpaired) electrons. The third kappa shape index (κ3) is 2.18. The number of H-pyrrole nitrogens is 1. The summed E-state index contributed by atoms with van der Waals surface area (Å²) in [7, 11) is 0. The number of aryl methyl sites for hydroxylation is 1. The molecule has 2 heterocycles. The number of nitrogens with zero attached hydrogens (tertiary/aromatic N) is 3. The number of nitrogens with one attached hydrogen (secondary N) is 1. The molecule has 5 nitrogen and oxygen atoms in total. The van der Waals surface area contributed by atoms with Crippen molar-refractivity contribution >= 4 is 28.9 Å². The smallest absolute Gasteiger partial charge is 0.216 e. The highest BCUT2D eigenvalue weighted by Crippen LogP contribution is 2.19. The first-order valence-electron chi connectivity index (χ1n) is 6.40. The number of para-hydroxylation sites is 1. The number of aromatic amines is 1. The van der Waals surface area contributed by atoms with E-state index in [2.05, 4.69) is 15.3 Å². The summed E-state index contributed by atoms with van der Waals surface area (Å²) in [5.41, 5.74) is 1.61. The van der Waals surface area contributed by atoms with Crippen molar-refractivity contribution in [2.75, 3.05) is 0 Å². The van der Waals surface area contributed by atoms with Crippen LogP contribution in [0.4, 0.5) is 0 Å². The standard InChI is InChI=1S/C14H14N4OS/c1-3-13-15-16-14(20)18(13)17-9(2)12-8-10-6-4-5-7-11(10)19-12/h4-8H,3H2,1-2H3,(H,16,20). The van der Waals surface area contributed by atoms with Gasteiger partial charge in [0.15, 0.2) is 11.6 Å².